The molecule has 6 heteroatoms. The molecule has 1 N–H and O–H groups in total. The Morgan fingerprint density at radius 2 is 2.19 bits per heavy atom. The minimum absolute atomic E-state index is 0.0447. The second-order valence-corrected chi connectivity index (χ2v) is 6.58. The van der Waals surface area contributed by atoms with E-state index < -0.39 is 5.91 Å². The number of amides is 1. The monoisotopic (exact) mass is 370 g/mol. The van der Waals surface area contributed by atoms with Crippen molar-refractivity contribution in [2.75, 3.05) is 13.7 Å². The zero-order valence-corrected chi connectivity index (χ0v) is 15.8. The minimum atomic E-state index is -0.400. The van der Waals surface area contributed by atoms with Gasteiger partial charge in [-0.1, -0.05) is 25.5 Å². The van der Waals surface area contributed by atoms with E-state index in [0.717, 1.165) is 17.7 Å². The number of hydrogen-bond acceptors (Lipinski definition) is 5. The van der Waals surface area contributed by atoms with Gasteiger partial charge in [0.15, 0.2) is 11.5 Å². The molecule has 1 aromatic carbocycles. The molecular weight excluding hydrogens is 348 g/mol. The van der Waals surface area contributed by atoms with E-state index in [-0.39, 0.29) is 5.57 Å². The highest BCUT2D eigenvalue weighted by Gasteiger charge is 2.11. The van der Waals surface area contributed by atoms with Gasteiger partial charge in [-0.15, -0.1) is 11.3 Å². The molecule has 1 amide bonds. The number of hydrogen-bond donors (Lipinski definition) is 1. The van der Waals surface area contributed by atoms with Crippen molar-refractivity contribution in [3.63, 3.8) is 0 Å². The van der Waals surface area contributed by atoms with Gasteiger partial charge in [0, 0.05) is 4.88 Å². The van der Waals surface area contributed by atoms with Crippen LogP contribution in [0.5, 0.6) is 11.5 Å². The number of unbranched alkanes of at least 4 members (excludes halogenated alkanes) is 1. The maximum absolute atomic E-state index is 12.2. The standard InChI is InChI=1S/C20H22N2O3S/c1-3-4-9-25-18-8-7-15(12-19(18)24-2)11-16(13-21)20(23)22-14-17-6-5-10-26-17/h5-8,10-12H,3-4,9,14H2,1-2H3,(H,22,23)/b16-11+. The van der Waals surface area contributed by atoms with Crippen LogP contribution >= 0.6 is 11.3 Å². The summed E-state index contributed by atoms with van der Waals surface area (Å²) in [5, 5.41) is 14.0. The number of rotatable bonds is 9. The molecule has 0 saturated carbocycles. The lowest BCUT2D eigenvalue weighted by Gasteiger charge is -2.11. The summed E-state index contributed by atoms with van der Waals surface area (Å²) in [6.45, 7) is 3.13. The highest BCUT2D eigenvalue weighted by molar-refractivity contribution is 7.09. The third-order valence-electron chi connectivity index (χ3n) is 3.62. The van der Waals surface area contributed by atoms with E-state index in [1.165, 1.54) is 0 Å². The Hall–Kier alpha value is -2.78. The number of nitrogens with one attached hydrogen (secondary N) is 1. The van der Waals surface area contributed by atoms with Crippen LogP contribution in [0.3, 0.4) is 0 Å². The fourth-order valence-corrected chi connectivity index (χ4v) is 2.86. The molecule has 5 nitrogen and oxygen atoms in total. The van der Waals surface area contributed by atoms with Crippen LogP contribution in [-0.2, 0) is 11.3 Å². The van der Waals surface area contributed by atoms with Crippen LogP contribution < -0.4 is 14.8 Å². The number of methoxy groups -OCH3 is 1. The molecule has 1 heterocycles. The average molecular weight is 370 g/mol. The van der Waals surface area contributed by atoms with Gasteiger partial charge in [-0.05, 0) is 41.6 Å². The van der Waals surface area contributed by atoms with Crippen molar-refractivity contribution in [2.45, 2.75) is 26.3 Å². The number of thiophene rings is 1. The van der Waals surface area contributed by atoms with Gasteiger partial charge in [0.2, 0.25) is 0 Å². The molecule has 0 fully saturated rings. The molecule has 0 unspecified atom stereocenters. The first-order valence-corrected chi connectivity index (χ1v) is 9.29. The van der Waals surface area contributed by atoms with Crippen molar-refractivity contribution in [1.82, 2.24) is 5.32 Å². The van der Waals surface area contributed by atoms with Crippen LogP contribution in [0.2, 0.25) is 0 Å². The van der Waals surface area contributed by atoms with Crippen LogP contribution in [0.25, 0.3) is 6.08 Å². The molecule has 136 valence electrons. The van der Waals surface area contributed by atoms with Crippen LogP contribution in [-0.4, -0.2) is 19.6 Å². The van der Waals surface area contributed by atoms with Gasteiger partial charge in [-0.3, -0.25) is 4.79 Å². The molecule has 0 saturated heterocycles. The van der Waals surface area contributed by atoms with E-state index >= 15 is 0 Å². The maximum Gasteiger partial charge on any atom is 0.262 e. The number of ether oxygens (including phenoxy) is 2. The van der Waals surface area contributed by atoms with Crippen LogP contribution in [0.1, 0.15) is 30.2 Å². The summed E-state index contributed by atoms with van der Waals surface area (Å²) >= 11 is 1.56. The second kappa shape index (κ2) is 10.3. The second-order valence-electron chi connectivity index (χ2n) is 5.54. The summed E-state index contributed by atoms with van der Waals surface area (Å²) in [5.74, 6) is 0.827. The molecule has 0 spiro atoms. The molecule has 0 aliphatic rings. The van der Waals surface area contributed by atoms with E-state index in [1.807, 2.05) is 23.6 Å². The summed E-state index contributed by atoms with van der Waals surface area (Å²) in [6.07, 6.45) is 3.56. The molecular formula is C20H22N2O3S. The zero-order valence-electron chi connectivity index (χ0n) is 15.0. The zero-order chi connectivity index (χ0) is 18.8. The van der Waals surface area contributed by atoms with Crippen LogP contribution in [0.4, 0.5) is 0 Å². The molecule has 2 rings (SSSR count). The van der Waals surface area contributed by atoms with Gasteiger partial charge in [-0.2, -0.15) is 5.26 Å². The molecule has 0 radical (unpaired) electrons. The Morgan fingerprint density at radius 3 is 2.85 bits per heavy atom. The Labute approximate surface area is 157 Å². The molecule has 1 aromatic heterocycles. The number of carbonyl (C=O) groups excluding carboxylic acids is 1. The normalized spacial score (nSPS) is 10.9. The first kappa shape index (κ1) is 19.5. The summed E-state index contributed by atoms with van der Waals surface area (Å²) in [6, 6.07) is 11.2. The van der Waals surface area contributed by atoms with Gasteiger partial charge >= 0.3 is 0 Å². The Balaban J connectivity index is 2.09. The van der Waals surface area contributed by atoms with E-state index in [4.69, 9.17) is 9.47 Å². The first-order valence-electron chi connectivity index (χ1n) is 8.41. The van der Waals surface area contributed by atoms with Gasteiger partial charge in [0.1, 0.15) is 11.6 Å². The Morgan fingerprint density at radius 1 is 1.35 bits per heavy atom. The van der Waals surface area contributed by atoms with Gasteiger partial charge in [0.25, 0.3) is 5.91 Å². The third-order valence-corrected chi connectivity index (χ3v) is 4.50. The van der Waals surface area contributed by atoms with Gasteiger partial charge in [0.05, 0.1) is 20.3 Å². The lowest BCUT2D eigenvalue weighted by atomic mass is 10.1. The number of carbonyl (C=O) groups is 1. The lowest BCUT2D eigenvalue weighted by molar-refractivity contribution is -0.117. The maximum atomic E-state index is 12.2. The lowest BCUT2D eigenvalue weighted by Crippen LogP contribution is -2.23. The Bertz CT molecular complexity index is 792. The average Bonchev–Trinajstić information content (AvgIpc) is 3.18. The summed E-state index contributed by atoms with van der Waals surface area (Å²) in [7, 11) is 1.56. The first-order chi connectivity index (χ1) is 12.7. The smallest absolute Gasteiger partial charge is 0.262 e. The molecule has 0 aliphatic heterocycles. The SMILES string of the molecule is CCCCOc1ccc(/C=C(\C#N)C(=O)NCc2cccs2)cc1OC. The van der Waals surface area contributed by atoms with Crippen molar-refractivity contribution in [1.29, 1.82) is 5.26 Å². The fraction of sp³-hybridized carbons (Fsp3) is 0.300. The highest BCUT2D eigenvalue weighted by atomic mass is 32.1. The van der Waals surface area contributed by atoms with E-state index in [1.54, 1.807) is 42.7 Å². The third kappa shape index (κ3) is 5.64. The van der Waals surface area contributed by atoms with Gasteiger partial charge in [-0.25, -0.2) is 0 Å². The van der Waals surface area contributed by atoms with Crippen molar-refractivity contribution < 1.29 is 14.3 Å². The number of nitrogens with zero attached hydrogens (tertiary/aromatic N) is 1. The largest absolute Gasteiger partial charge is 0.493 e. The topological polar surface area (TPSA) is 71.3 Å². The van der Waals surface area contributed by atoms with Crippen molar-refractivity contribution in [2.24, 2.45) is 0 Å². The predicted octanol–water partition coefficient (Wildman–Crippen LogP) is 4.16. The van der Waals surface area contributed by atoms with Crippen LogP contribution in [0.15, 0.2) is 41.3 Å². The van der Waals surface area contributed by atoms with E-state index in [0.29, 0.717) is 30.2 Å². The highest BCUT2D eigenvalue weighted by Crippen LogP contribution is 2.29. The summed E-state index contributed by atoms with van der Waals surface area (Å²) in [4.78, 5) is 13.2. The molecule has 0 bridgehead atoms. The molecule has 0 aliphatic carbocycles. The van der Waals surface area contributed by atoms with Gasteiger partial charge < -0.3 is 14.8 Å². The molecule has 0 atom stereocenters. The fourth-order valence-electron chi connectivity index (χ4n) is 2.21. The van der Waals surface area contributed by atoms with E-state index in [2.05, 4.69) is 12.2 Å². The summed E-state index contributed by atoms with van der Waals surface area (Å²) in [5.41, 5.74) is 0.746. The quantitative estimate of drug-likeness (QED) is 0.409. The van der Waals surface area contributed by atoms with Crippen molar-refractivity contribution in [3.8, 4) is 17.6 Å². The minimum Gasteiger partial charge on any atom is -0.493 e. The molecule has 2 aromatic rings. The molecule has 26 heavy (non-hydrogen) atoms. The Kier molecular flexibility index (Phi) is 7.72. The van der Waals surface area contributed by atoms with E-state index in [9.17, 15) is 10.1 Å². The van der Waals surface area contributed by atoms with Crippen molar-refractivity contribution >= 4 is 23.3 Å². The van der Waals surface area contributed by atoms with Crippen molar-refractivity contribution in [3.05, 3.63) is 51.7 Å². The predicted molar refractivity (Wildman–Crippen MR) is 103 cm³/mol. The van der Waals surface area contributed by atoms with Crippen LogP contribution in [0, 0.1) is 11.3 Å². The number of benzene rings is 1. The number of nitriles is 1. The summed E-state index contributed by atoms with van der Waals surface area (Å²) < 4.78 is 11.0.